The monoisotopic (exact) mass is 231 g/mol. The quantitative estimate of drug-likeness (QED) is 0.879. The molecule has 0 radical (unpaired) electrons. The lowest BCUT2D eigenvalue weighted by Gasteiger charge is -2.15. The number of fused-ring (bicyclic) bond motifs is 1. The van der Waals surface area contributed by atoms with Crippen molar-refractivity contribution in [1.29, 1.82) is 0 Å². The normalized spacial score (nSPS) is 13.2. The van der Waals surface area contributed by atoms with E-state index in [1.54, 1.807) is 12.4 Å². The SMILES string of the molecule is CC(C)OCC(O)c1cccc2cnccc12. The van der Waals surface area contributed by atoms with Crippen LogP contribution in [0.5, 0.6) is 0 Å². The number of nitrogens with zero attached hydrogens (tertiary/aromatic N) is 1. The molecule has 0 amide bonds. The zero-order valence-corrected chi connectivity index (χ0v) is 10.1. The van der Waals surface area contributed by atoms with E-state index in [2.05, 4.69) is 4.98 Å². The van der Waals surface area contributed by atoms with Crippen LogP contribution >= 0.6 is 0 Å². The second-order valence-electron chi connectivity index (χ2n) is 4.34. The number of rotatable bonds is 4. The highest BCUT2D eigenvalue weighted by atomic mass is 16.5. The van der Waals surface area contributed by atoms with Crippen molar-refractivity contribution in [2.45, 2.75) is 26.1 Å². The van der Waals surface area contributed by atoms with Crippen molar-refractivity contribution >= 4 is 10.8 Å². The summed E-state index contributed by atoms with van der Waals surface area (Å²) in [6.45, 7) is 4.23. The van der Waals surface area contributed by atoms with E-state index in [1.807, 2.05) is 38.1 Å². The molecule has 0 saturated heterocycles. The number of pyridine rings is 1. The average molecular weight is 231 g/mol. The van der Waals surface area contributed by atoms with Crippen molar-refractivity contribution < 1.29 is 9.84 Å². The molecule has 0 aliphatic carbocycles. The van der Waals surface area contributed by atoms with Gasteiger partial charge in [-0.3, -0.25) is 4.98 Å². The fraction of sp³-hybridized carbons (Fsp3) is 0.357. The molecular formula is C14H17NO2. The lowest BCUT2D eigenvalue weighted by Crippen LogP contribution is -2.12. The van der Waals surface area contributed by atoms with Crippen molar-refractivity contribution in [3.05, 3.63) is 42.2 Å². The van der Waals surface area contributed by atoms with Gasteiger partial charge in [0.25, 0.3) is 0 Å². The zero-order valence-electron chi connectivity index (χ0n) is 10.1. The predicted octanol–water partition coefficient (Wildman–Crippen LogP) is 2.69. The third kappa shape index (κ3) is 2.81. The molecule has 0 aliphatic heterocycles. The maximum atomic E-state index is 10.1. The highest BCUT2D eigenvalue weighted by Gasteiger charge is 2.11. The summed E-state index contributed by atoms with van der Waals surface area (Å²) in [4.78, 5) is 4.07. The molecule has 2 aromatic rings. The van der Waals surface area contributed by atoms with Crippen molar-refractivity contribution in [2.75, 3.05) is 6.61 Å². The van der Waals surface area contributed by atoms with Crippen LogP contribution in [-0.2, 0) is 4.74 Å². The molecule has 2 rings (SSSR count). The molecule has 0 bridgehead atoms. The number of benzene rings is 1. The van der Waals surface area contributed by atoms with Gasteiger partial charge >= 0.3 is 0 Å². The van der Waals surface area contributed by atoms with E-state index in [0.29, 0.717) is 6.61 Å². The molecule has 0 aliphatic rings. The fourth-order valence-electron chi connectivity index (χ4n) is 1.81. The molecule has 3 heteroatoms. The van der Waals surface area contributed by atoms with E-state index in [4.69, 9.17) is 4.74 Å². The maximum absolute atomic E-state index is 10.1. The van der Waals surface area contributed by atoms with E-state index in [-0.39, 0.29) is 6.10 Å². The number of aliphatic hydroxyl groups is 1. The molecule has 1 aromatic carbocycles. The van der Waals surface area contributed by atoms with Crippen LogP contribution in [0.2, 0.25) is 0 Å². The molecule has 1 heterocycles. The van der Waals surface area contributed by atoms with Gasteiger partial charge in [0.15, 0.2) is 0 Å². The highest BCUT2D eigenvalue weighted by Crippen LogP contribution is 2.23. The fourth-order valence-corrected chi connectivity index (χ4v) is 1.81. The predicted molar refractivity (Wildman–Crippen MR) is 67.8 cm³/mol. The van der Waals surface area contributed by atoms with E-state index < -0.39 is 6.10 Å². The zero-order chi connectivity index (χ0) is 12.3. The summed E-state index contributed by atoms with van der Waals surface area (Å²) in [7, 11) is 0. The maximum Gasteiger partial charge on any atom is 0.103 e. The van der Waals surface area contributed by atoms with Crippen molar-refractivity contribution in [3.63, 3.8) is 0 Å². The van der Waals surface area contributed by atoms with Crippen LogP contribution in [0.4, 0.5) is 0 Å². The minimum Gasteiger partial charge on any atom is -0.386 e. The summed E-state index contributed by atoms with van der Waals surface area (Å²) in [6, 6.07) is 7.76. The first-order valence-electron chi connectivity index (χ1n) is 5.81. The number of aliphatic hydroxyl groups excluding tert-OH is 1. The molecule has 0 spiro atoms. The van der Waals surface area contributed by atoms with Crippen LogP contribution < -0.4 is 0 Å². The van der Waals surface area contributed by atoms with Crippen LogP contribution in [0.3, 0.4) is 0 Å². The second kappa shape index (κ2) is 5.25. The Morgan fingerprint density at radius 1 is 1.29 bits per heavy atom. The van der Waals surface area contributed by atoms with Gasteiger partial charge in [-0.05, 0) is 30.9 Å². The molecular weight excluding hydrogens is 214 g/mol. The topological polar surface area (TPSA) is 42.4 Å². The van der Waals surface area contributed by atoms with Crippen LogP contribution in [0.15, 0.2) is 36.7 Å². The van der Waals surface area contributed by atoms with Crippen molar-refractivity contribution in [2.24, 2.45) is 0 Å². The van der Waals surface area contributed by atoms with E-state index in [0.717, 1.165) is 16.3 Å². The molecule has 17 heavy (non-hydrogen) atoms. The summed E-state index contributed by atoms with van der Waals surface area (Å²) >= 11 is 0. The molecule has 1 atom stereocenters. The van der Waals surface area contributed by atoms with Gasteiger partial charge in [-0.1, -0.05) is 18.2 Å². The molecule has 0 fully saturated rings. The summed E-state index contributed by atoms with van der Waals surface area (Å²) < 4.78 is 5.44. The third-order valence-corrected chi connectivity index (χ3v) is 2.66. The number of ether oxygens (including phenoxy) is 1. The minimum atomic E-state index is -0.594. The molecule has 3 nitrogen and oxygen atoms in total. The summed E-state index contributed by atoms with van der Waals surface area (Å²) in [6.07, 6.45) is 3.07. The number of hydrogen-bond donors (Lipinski definition) is 1. The van der Waals surface area contributed by atoms with Gasteiger partial charge in [-0.15, -0.1) is 0 Å². The first-order valence-corrected chi connectivity index (χ1v) is 5.81. The Morgan fingerprint density at radius 2 is 2.12 bits per heavy atom. The van der Waals surface area contributed by atoms with Gasteiger partial charge in [0.05, 0.1) is 12.7 Å². The summed E-state index contributed by atoms with van der Waals surface area (Å²) in [5, 5.41) is 12.2. The molecule has 90 valence electrons. The minimum absolute atomic E-state index is 0.126. The smallest absolute Gasteiger partial charge is 0.103 e. The van der Waals surface area contributed by atoms with Crippen LogP contribution in [-0.4, -0.2) is 22.8 Å². The van der Waals surface area contributed by atoms with Gasteiger partial charge < -0.3 is 9.84 Å². The van der Waals surface area contributed by atoms with Gasteiger partial charge in [0.1, 0.15) is 6.10 Å². The van der Waals surface area contributed by atoms with Crippen LogP contribution in [0.25, 0.3) is 10.8 Å². The highest BCUT2D eigenvalue weighted by molar-refractivity contribution is 5.85. The summed E-state index contributed by atoms with van der Waals surface area (Å²) in [5.41, 5.74) is 0.894. The van der Waals surface area contributed by atoms with E-state index in [1.165, 1.54) is 0 Å². The largest absolute Gasteiger partial charge is 0.386 e. The first kappa shape index (κ1) is 12.0. The Bertz CT molecular complexity index is 491. The third-order valence-electron chi connectivity index (χ3n) is 2.66. The van der Waals surface area contributed by atoms with Gasteiger partial charge in [0.2, 0.25) is 0 Å². The molecule has 1 unspecified atom stereocenters. The van der Waals surface area contributed by atoms with Gasteiger partial charge in [0, 0.05) is 17.8 Å². The van der Waals surface area contributed by atoms with Crippen LogP contribution in [0, 0.1) is 0 Å². The Balaban J connectivity index is 2.28. The van der Waals surface area contributed by atoms with Crippen molar-refractivity contribution in [1.82, 2.24) is 4.98 Å². The van der Waals surface area contributed by atoms with E-state index in [9.17, 15) is 5.11 Å². The summed E-state index contributed by atoms with van der Waals surface area (Å²) in [5.74, 6) is 0. The number of hydrogen-bond acceptors (Lipinski definition) is 3. The Labute approximate surface area is 101 Å². The van der Waals surface area contributed by atoms with E-state index >= 15 is 0 Å². The van der Waals surface area contributed by atoms with Gasteiger partial charge in [-0.25, -0.2) is 0 Å². The molecule has 1 N–H and O–H groups in total. The molecule has 0 saturated carbocycles. The average Bonchev–Trinajstić information content (AvgIpc) is 2.35. The number of aromatic nitrogens is 1. The standard InChI is InChI=1S/C14H17NO2/c1-10(2)17-9-14(16)13-5-3-4-11-8-15-7-6-12(11)13/h3-8,10,14,16H,9H2,1-2H3. The lowest BCUT2D eigenvalue weighted by molar-refractivity contribution is 0.00549. The second-order valence-corrected chi connectivity index (χ2v) is 4.34. The molecule has 1 aromatic heterocycles. The lowest BCUT2D eigenvalue weighted by atomic mass is 10.0. The Kier molecular flexibility index (Phi) is 3.71. The van der Waals surface area contributed by atoms with Crippen LogP contribution in [0.1, 0.15) is 25.5 Å². The van der Waals surface area contributed by atoms with Crippen molar-refractivity contribution in [3.8, 4) is 0 Å². The first-order chi connectivity index (χ1) is 8.18. The Morgan fingerprint density at radius 3 is 2.88 bits per heavy atom. The van der Waals surface area contributed by atoms with Gasteiger partial charge in [-0.2, -0.15) is 0 Å². The Hall–Kier alpha value is -1.45.